The summed E-state index contributed by atoms with van der Waals surface area (Å²) in [7, 11) is 0. The van der Waals surface area contributed by atoms with Gasteiger partial charge in [-0.2, -0.15) is 5.10 Å². The molecule has 0 fully saturated rings. The fourth-order valence-corrected chi connectivity index (χ4v) is 1.50. The van der Waals surface area contributed by atoms with Crippen LogP contribution in [-0.4, -0.2) is 10.2 Å². The van der Waals surface area contributed by atoms with Crippen LogP contribution in [-0.2, 0) is 0 Å². The van der Waals surface area contributed by atoms with E-state index >= 15 is 0 Å². The maximum Gasteiger partial charge on any atom is 0.148 e. The van der Waals surface area contributed by atoms with Gasteiger partial charge in [-0.1, -0.05) is 11.6 Å². The molecular weight excluding hydrogens is 193 g/mol. The molecule has 0 saturated heterocycles. The quantitative estimate of drug-likeness (QED) is 0.751. The number of rotatable bonds is 1. The second-order valence-corrected chi connectivity index (χ2v) is 3.59. The lowest BCUT2D eigenvalue weighted by molar-refractivity contribution is 0.630. The normalized spacial score (nSPS) is 10.6. The largest absolute Gasteiger partial charge is 0.382 e. The van der Waals surface area contributed by atoms with Gasteiger partial charge in [0.25, 0.3) is 0 Å². The molecule has 0 saturated carbocycles. The molecule has 15 heavy (non-hydrogen) atoms. The third kappa shape index (κ3) is 1.58. The highest BCUT2D eigenvalue weighted by molar-refractivity contribution is 5.68. The van der Waals surface area contributed by atoms with Crippen molar-refractivity contribution in [1.82, 2.24) is 10.2 Å². The molecule has 1 aromatic carbocycles. The van der Waals surface area contributed by atoms with Gasteiger partial charge in [-0.3, -0.25) is 5.10 Å². The van der Waals surface area contributed by atoms with Crippen molar-refractivity contribution >= 4 is 5.82 Å². The van der Waals surface area contributed by atoms with E-state index in [4.69, 9.17) is 5.73 Å². The number of H-pyrrole nitrogens is 1. The van der Waals surface area contributed by atoms with E-state index in [1.807, 2.05) is 13.8 Å². The van der Waals surface area contributed by atoms with Crippen molar-refractivity contribution in [3.63, 3.8) is 0 Å². The van der Waals surface area contributed by atoms with Crippen molar-refractivity contribution in [2.75, 3.05) is 5.73 Å². The number of hydrogen-bond acceptors (Lipinski definition) is 2. The van der Waals surface area contributed by atoms with Gasteiger partial charge < -0.3 is 5.73 Å². The van der Waals surface area contributed by atoms with Crippen LogP contribution in [0.25, 0.3) is 11.3 Å². The molecule has 0 radical (unpaired) electrons. The van der Waals surface area contributed by atoms with E-state index in [9.17, 15) is 4.39 Å². The molecule has 0 amide bonds. The highest BCUT2D eigenvalue weighted by Crippen LogP contribution is 2.27. The summed E-state index contributed by atoms with van der Waals surface area (Å²) < 4.78 is 13.6. The first-order chi connectivity index (χ1) is 7.09. The Balaban J connectivity index is 2.63. The molecule has 0 aliphatic carbocycles. The minimum Gasteiger partial charge on any atom is -0.382 e. The average molecular weight is 205 g/mol. The zero-order valence-corrected chi connectivity index (χ0v) is 8.63. The van der Waals surface area contributed by atoms with Gasteiger partial charge >= 0.3 is 0 Å². The average Bonchev–Trinajstić information content (AvgIpc) is 2.52. The molecule has 4 heteroatoms. The monoisotopic (exact) mass is 205 g/mol. The number of halogens is 1. The van der Waals surface area contributed by atoms with Gasteiger partial charge in [0.2, 0.25) is 0 Å². The van der Waals surface area contributed by atoms with Crippen molar-refractivity contribution in [1.29, 1.82) is 0 Å². The molecule has 3 nitrogen and oxygen atoms in total. The number of nitrogen functional groups attached to an aromatic ring is 1. The second-order valence-electron chi connectivity index (χ2n) is 3.59. The molecule has 2 rings (SSSR count). The second kappa shape index (κ2) is 3.38. The number of nitrogens with one attached hydrogen (secondary N) is 1. The number of aryl methyl sites for hydroxylation is 1. The number of nitrogens with two attached hydrogens (primary N) is 1. The standard InChI is InChI=1S/C11H12FN3/c1-6-3-4-9(12)8(5-6)10-7(2)11(13)15-14-10/h3-5H,1-2H3,(H3,13,14,15). The van der Waals surface area contributed by atoms with E-state index in [0.717, 1.165) is 11.1 Å². The van der Waals surface area contributed by atoms with Crippen LogP contribution in [0.5, 0.6) is 0 Å². The molecule has 0 bridgehead atoms. The fraction of sp³-hybridized carbons (Fsp3) is 0.182. The Bertz CT molecular complexity index is 503. The molecule has 78 valence electrons. The van der Waals surface area contributed by atoms with Gasteiger partial charge in [0.1, 0.15) is 11.6 Å². The molecule has 0 aliphatic rings. The maximum absolute atomic E-state index is 13.6. The Labute approximate surface area is 87.1 Å². The highest BCUT2D eigenvalue weighted by Gasteiger charge is 2.12. The number of nitrogens with zero attached hydrogens (tertiary/aromatic N) is 1. The molecular formula is C11H12FN3. The predicted octanol–water partition coefficient (Wildman–Crippen LogP) is 2.41. The van der Waals surface area contributed by atoms with E-state index in [1.165, 1.54) is 6.07 Å². The summed E-state index contributed by atoms with van der Waals surface area (Å²) in [5.74, 6) is 0.137. The summed E-state index contributed by atoms with van der Waals surface area (Å²) in [6.07, 6.45) is 0. The van der Waals surface area contributed by atoms with Crippen molar-refractivity contribution in [3.8, 4) is 11.3 Å². The number of benzene rings is 1. The Kier molecular flexibility index (Phi) is 2.19. The third-order valence-corrected chi connectivity index (χ3v) is 2.44. The van der Waals surface area contributed by atoms with Gasteiger partial charge in [0.05, 0.1) is 5.69 Å². The van der Waals surface area contributed by atoms with Crippen molar-refractivity contribution < 1.29 is 4.39 Å². The van der Waals surface area contributed by atoms with Crippen LogP contribution in [0.4, 0.5) is 10.2 Å². The van der Waals surface area contributed by atoms with Crippen LogP contribution in [0.15, 0.2) is 18.2 Å². The summed E-state index contributed by atoms with van der Waals surface area (Å²) in [4.78, 5) is 0. The highest BCUT2D eigenvalue weighted by atomic mass is 19.1. The van der Waals surface area contributed by atoms with Crippen LogP contribution in [0, 0.1) is 19.7 Å². The number of hydrogen-bond donors (Lipinski definition) is 2. The molecule has 0 unspecified atom stereocenters. The van der Waals surface area contributed by atoms with Crippen LogP contribution in [0.1, 0.15) is 11.1 Å². The van der Waals surface area contributed by atoms with E-state index in [-0.39, 0.29) is 5.82 Å². The van der Waals surface area contributed by atoms with Crippen molar-refractivity contribution in [2.45, 2.75) is 13.8 Å². The topological polar surface area (TPSA) is 54.7 Å². The van der Waals surface area contributed by atoms with Gasteiger partial charge in [-0.05, 0) is 26.0 Å². The molecule has 0 atom stereocenters. The summed E-state index contributed by atoms with van der Waals surface area (Å²) in [6, 6.07) is 4.95. The predicted molar refractivity (Wildman–Crippen MR) is 57.9 cm³/mol. The lowest BCUT2D eigenvalue weighted by Crippen LogP contribution is -1.89. The molecule has 0 spiro atoms. The van der Waals surface area contributed by atoms with E-state index in [2.05, 4.69) is 10.2 Å². The van der Waals surface area contributed by atoms with Crippen LogP contribution in [0.3, 0.4) is 0 Å². The Morgan fingerprint density at radius 3 is 2.67 bits per heavy atom. The minimum absolute atomic E-state index is 0.271. The Hall–Kier alpha value is -1.84. The Morgan fingerprint density at radius 2 is 2.07 bits per heavy atom. The van der Waals surface area contributed by atoms with Crippen molar-refractivity contribution in [3.05, 3.63) is 35.1 Å². The summed E-state index contributed by atoms with van der Waals surface area (Å²) >= 11 is 0. The zero-order valence-electron chi connectivity index (χ0n) is 8.63. The van der Waals surface area contributed by atoms with Gasteiger partial charge in [-0.15, -0.1) is 0 Å². The summed E-state index contributed by atoms with van der Waals surface area (Å²) in [5, 5.41) is 6.59. The van der Waals surface area contributed by atoms with E-state index in [1.54, 1.807) is 12.1 Å². The van der Waals surface area contributed by atoms with Gasteiger partial charge in [0, 0.05) is 11.1 Å². The molecule has 2 aromatic rings. The molecule has 1 aromatic heterocycles. The smallest absolute Gasteiger partial charge is 0.148 e. The van der Waals surface area contributed by atoms with Crippen LogP contribution in [0.2, 0.25) is 0 Å². The lowest BCUT2D eigenvalue weighted by Gasteiger charge is -2.03. The number of aromatic nitrogens is 2. The van der Waals surface area contributed by atoms with E-state index in [0.29, 0.717) is 17.1 Å². The first-order valence-electron chi connectivity index (χ1n) is 4.66. The minimum atomic E-state index is -0.271. The Morgan fingerprint density at radius 1 is 1.33 bits per heavy atom. The summed E-state index contributed by atoms with van der Waals surface area (Å²) in [6.45, 7) is 3.73. The molecule has 1 heterocycles. The first kappa shape index (κ1) is 9.71. The molecule has 0 aliphatic heterocycles. The maximum atomic E-state index is 13.6. The van der Waals surface area contributed by atoms with Gasteiger partial charge in [0.15, 0.2) is 0 Å². The lowest BCUT2D eigenvalue weighted by atomic mass is 10.1. The number of aromatic amines is 1. The summed E-state index contributed by atoms with van der Waals surface area (Å²) in [5.41, 5.74) is 8.54. The van der Waals surface area contributed by atoms with Crippen LogP contribution >= 0.6 is 0 Å². The zero-order chi connectivity index (χ0) is 11.0. The number of anilines is 1. The van der Waals surface area contributed by atoms with Gasteiger partial charge in [-0.25, -0.2) is 4.39 Å². The SMILES string of the molecule is Cc1ccc(F)c(-c2[nH]nc(N)c2C)c1. The van der Waals surface area contributed by atoms with Crippen molar-refractivity contribution in [2.24, 2.45) is 0 Å². The van der Waals surface area contributed by atoms with E-state index < -0.39 is 0 Å². The first-order valence-corrected chi connectivity index (χ1v) is 4.66. The van der Waals surface area contributed by atoms with Crippen LogP contribution < -0.4 is 5.73 Å². The molecule has 3 N–H and O–H groups in total. The third-order valence-electron chi connectivity index (χ3n) is 2.44. The fourth-order valence-electron chi connectivity index (χ4n) is 1.50.